The smallest absolute Gasteiger partial charge is 0.342 e. The van der Waals surface area contributed by atoms with Crippen molar-refractivity contribution in [2.24, 2.45) is 0 Å². The van der Waals surface area contributed by atoms with Crippen LogP contribution in [0.2, 0.25) is 0 Å². The van der Waals surface area contributed by atoms with Crippen LogP contribution in [0.15, 0.2) is 24.3 Å². The third-order valence-electron chi connectivity index (χ3n) is 2.58. The highest BCUT2D eigenvalue weighted by Gasteiger charge is 2.17. The van der Waals surface area contributed by atoms with Crippen LogP contribution < -0.4 is 10.6 Å². The first-order chi connectivity index (χ1) is 9.95. The van der Waals surface area contributed by atoms with E-state index in [1.807, 2.05) is 0 Å². The average Bonchev–Trinajstić information content (AvgIpc) is 2.45. The van der Waals surface area contributed by atoms with E-state index in [1.165, 1.54) is 19.1 Å². The van der Waals surface area contributed by atoms with Crippen LogP contribution in [-0.4, -0.2) is 42.1 Å². The molecule has 0 heterocycles. The summed E-state index contributed by atoms with van der Waals surface area (Å²) in [6.45, 7) is 3.21. The molecule has 0 aromatic heterocycles. The molecular formula is C14H18N2O5. The van der Waals surface area contributed by atoms with Crippen molar-refractivity contribution in [2.45, 2.75) is 19.9 Å². The average molecular weight is 294 g/mol. The molecule has 21 heavy (non-hydrogen) atoms. The molecule has 0 fully saturated rings. The Morgan fingerprint density at radius 1 is 1.29 bits per heavy atom. The predicted octanol–water partition coefficient (Wildman–Crippen LogP) is 0.190. The van der Waals surface area contributed by atoms with Gasteiger partial charge < -0.3 is 20.5 Å². The molecular weight excluding hydrogens is 276 g/mol. The standard InChI is InChI=1S/C14H18N2O5/c1-3-15-13(19)9(2)16-12(18)8-21-14(20)10-6-4-5-7-11(10)17/h4-7,9,17H,3,8H2,1-2H3,(H,15,19)(H,16,18)/t9-/m1/s1. The number of amides is 2. The number of phenols is 1. The molecule has 7 nitrogen and oxygen atoms in total. The lowest BCUT2D eigenvalue weighted by molar-refractivity contribution is -0.130. The number of carbonyl (C=O) groups is 3. The molecule has 0 saturated heterocycles. The zero-order valence-electron chi connectivity index (χ0n) is 11.9. The molecule has 2 amide bonds. The first-order valence-corrected chi connectivity index (χ1v) is 6.48. The topological polar surface area (TPSA) is 105 Å². The normalized spacial score (nSPS) is 11.3. The molecule has 0 aliphatic carbocycles. The summed E-state index contributed by atoms with van der Waals surface area (Å²) in [7, 11) is 0. The summed E-state index contributed by atoms with van der Waals surface area (Å²) in [6, 6.07) is 5.13. The molecule has 1 aromatic rings. The lowest BCUT2D eigenvalue weighted by atomic mass is 10.2. The quantitative estimate of drug-likeness (QED) is 0.650. The van der Waals surface area contributed by atoms with Crippen molar-refractivity contribution < 1.29 is 24.2 Å². The van der Waals surface area contributed by atoms with Gasteiger partial charge in [0.25, 0.3) is 5.91 Å². The number of esters is 1. The fraction of sp³-hybridized carbons (Fsp3) is 0.357. The number of hydrogen-bond acceptors (Lipinski definition) is 5. The molecule has 1 aromatic carbocycles. The van der Waals surface area contributed by atoms with Crippen LogP contribution in [-0.2, 0) is 14.3 Å². The fourth-order valence-corrected chi connectivity index (χ4v) is 1.53. The molecule has 1 atom stereocenters. The van der Waals surface area contributed by atoms with Gasteiger partial charge in [0.05, 0.1) is 0 Å². The summed E-state index contributed by atoms with van der Waals surface area (Å²) in [5.41, 5.74) is -0.0259. The summed E-state index contributed by atoms with van der Waals surface area (Å²) in [5.74, 6) is -1.96. The first-order valence-electron chi connectivity index (χ1n) is 6.48. The van der Waals surface area contributed by atoms with Crippen LogP contribution in [0.3, 0.4) is 0 Å². The van der Waals surface area contributed by atoms with Gasteiger partial charge in [-0.3, -0.25) is 9.59 Å². The van der Waals surface area contributed by atoms with Crippen molar-refractivity contribution in [2.75, 3.05) is 13.2 Å². The summed E-state index contributed by atoms with van der Waals surface area (Å²) in [6.07, 6.45) is 0. The number of para-hydroxylation sites is 1. The van der Waals surface area contributed by atoms with Crippen LogP contribution in [0.5, 0.6) is 5.75 Å². The Labute approximate surface area is 122 Å². The van der Waals surface area contributed by atoms with E-state index in [0.717, 1.165) is 0 Å². The number of hydrogen-bond donors (Lipinski definition) is 3. The van der Waals surface area contributed by atoms with Crippen LogP contribution in [0.4, 0.5) is 0 Å². The number of nitrogens with one attached hydrogen (secondary N) is 2. The molecule has 0 aliphatic rings. The van der Waals surface area contributed by atoms with Crippen molar-refractivity contribution in [1.82, 2.24) is 10.6 Å². The lowest BCUT2D eigenvalue weighted by Gasteiger charge is -2.13. The second kappa shape index (κ2) is 7.88. The number of aromatic hydroxyl groups is 1. The Hall–Kier alpha value is -2.57. The zero-order valence-corrected chi connectivity index (χ0v) is 11.9. The largest absolute Gasteiger partial charge is 0.507 e. The van der Waals surface area contributed by atoms with Gasteiger partial charge in [-0.25, -0.2) is 4.79 Å². The Bertz CT molecular complexity index is 530. The number of benzene rings is 1. The third kappa shape index (κ3) is 5.13. The van der Waals surface area contributed by atoms with Crippen LogP contribution in [0.25, 0.3) is 0 Å². The van der Waals surface area contributed by atoms with E-state index in [-0.39, 0.29) is 17.2 Å². The Morgan fingerprint density at radius 2 is 1.95 bits per heavy atom. The maximum atomic E-state index is 11.7. The SMILES string of the molecule is CCNC(=O)[C@@H](C)NC(=O)COC(=O)c1ccccc1O. The molecule has 7 heteroatoms. The molecule has 114 valence electrons. The van der Waals surface area contributed by atoms with Crippen molar-refractivity contribution in [3.05, 3.63) is 29.8 Å². The maximum absolute atomic E-state index is 11.7. The van der Waals surface area contributed by atoms with Gasteiger partial charge in [0.2, 0.25) is 5.91 Å². The van der Waals surface area contributed by atoms with Gasteiger partial charge in [0.15, 0.2) is 6.61 Å². The molecule has 0 bridgehead atoms. The summed E-state index contributed by atoms with van der Waals surface area (Å²) in [5, 5.41) is 14.4. The van der Waals surface area contributed by atoms with Gasteiger partial charge in [-0.05, 0) is 26.0 Å². The van der Waals surface area contributed by atoms with Crippen molar-refractivity contribution in [1.29, 1.82) is 0 Å². The number of ether oxygens (including phenoxy) is 1. The minimum Gasteiger partial charge on any atom is -0.507 e. The maximum Gasteiger partial charge on any atom is 0.342 e. The monoisotopic (exact) mass is 294 g/mol. The van der Waals surface area contributed by atoms with Crippen LogP contribution in [0, 0.1) is 0 Å². The number of likely N-dealkylation sites (N-methyl/N-ethyl adjacent to an activating group) is 1. The molecule has 3 N–H and O–H groups in total. The molecule has 0 radical (unpaired) electrons. The number of rotatable bonds is 6. The van der Waals surface area contributed by atoms with Gasteiger partial charge in [0.1, 0.15) is 17.4 Å². The van der Waals surface area contributed by atoms with Crippen molar-refractivity contribution in [3.8, 4) is 5.75 Å². The second-order valence-electron chi connectivity index (χ2n) is 4.28. The minimum atomic E-state index is -0.811. The van der Waals surface area contributed by atoms with Gasteiger partial charge >= 0.3 is 5.97 Å². The van der Waals surface area contributed by atoms with Crippen LogP contribution >= 0.6 is 0 Å². The van der Waals surface area contributed by atoms with E-state index < -0.39 is 24.5 Å². The second-order valence-corrected chi connectivity index (χ2v) is 4.28. The van der Waals surface area contributed by atoms with Gasteiger partial charge in [0, 0.05) is 6.54 Å². The molecule has 0 spiro atoms. The highest BCUT2D eigenvalue weighted by Crippen LogP contribution is 2.16. The number of carbonyl (C=O) groups excluding carboxylic acids is 3. The predicted molar refractivity (Wildman–Crippen MR) is 74.7 cm³/mol. The molecule has 0 unspecified atom stereocenters. The van der Waals surface area contributed by atoms with E-state index >= 15 is 0 Å². The van der Waals surface area contributed by atoms with E-state index in [9.17, 15) is 19.5 Å². The van der Waals surface area contributed by atoms with Crippen molar-refractivity contribution in [3.63, 3.8) is 0 Å². The van der Waals surface area contributed by atoms with Crippen molar-refractivity contribution >= 4 is 17.8 Å². The summed E-state index contributed by atoms with van der Waals surface area (Å²) >= 11 is 0. The van der Waals surface area contributed by atoms with E-state index in [0.29, 0.717) is 6.54 Å². The van der Waals surface area contributed by atoms with E-state index in [4.69, 9.17) is 4.74 Å². The minimum absolute atomic E-state index is 0.0259. The molecule has 1 rings (SSSR count). The zero-order chi connectivity index (χ0) is 15.8. The highest BCUT2D eigenvalue weighted by atomic mass is 16.5. The molecule has 0 aliphatic heterocycles. The Balaban J connectivity index is 2.45. The highest BCUT2D eigenvalue weighted by molar-refractivity contribution is 5.94. The number of phenolic OH excluding ortho intramolecular Hbond substituents is 1. The van der Waals surface area contributed by atoms with Gasteiger partial charge in [-0.15, -0.1) is 0 Å². The fourth-order valence-electron chi connectivity index (χ4n) is 1.53. The first kappa shape index (κ1) is 16.5. The lowest BCUT2D eigenvalue weighted by Crippen LogP contribution is -2.46. The van der Waals surface area contributed by atoms with Gasteiger partial charge in [-0.1, -0.05) is 12.1 Å². The Morgan fingerprint density at radius 3 is 2.57 bits per heavy atom. The summed E-state index contributed by atoms with van der Waals surface area (Å²) < 4.78 is 4.77. The van der Waals surface area contributed by atoms with E-state index in [1.54, 1.807) is 19.1 Å². The molecule has 0 saturated carbocycles. The van der Waals surface area contributed by atoms with Crippen LogP contribution in [0.1, 0.15) is 24.2 Å². The third-order valence-corrected chi connectivity index (χ3v) is 2.58. The van der Waals surface area contributed by atoms with Gasteiger partial charge in [-0.2, -0.15) is 0 Å². The summed E-state index contributed by atoms with van der Waals surface area (Å²) in [4.78, 5) is 34.6. The van der Waals surface area contributed by atoms with E-state index in [2.05, 4.69) is 10.6 Å². The Kier molecular flexibility index (Phi) is 6.19.